The summed E-state index contributed by atoms with van der Waals surface area (Å²) in [6.45, 7) is 4.49. The van der Waals surface area contributed by atoms with E-state index in [1.54, 1.807) is 0 Å². The standard InChI is InChI=1S/C16H22Cl2O/c1-11(2)13-4-3-7-16(19,10-13)9-12-5-6-14(17)15(18)8-12/h5-6,8,11,13,19H,3-4,7,9-10H2,1-2H3. The molecule has 3 heteroatoms. The maximum atomic E-state index is 10.8. The van der Waals surface area contributed by atoms with E-state index in [0.29, 0.717) is 28.3 Å². The fourth-order valence-corrected chi connectivity index (χ4v) is 3.47. The predicted octanol–water partition coefficient (Wildman–Crippen LogP) is 5.11. The van der Waals surface area contributed by atoms with E-state index in [2.05, 4.69) is 13.8 Å². The molecule has 1 aliphatic carbocycles. The van der Waals surface area contributed by atoms with Crippen LogP contribution in [0.25, 0.3) is 0 Å². The highest BCUT2D eigenvalue weighted by Crippen LogP contribution is 2.38. The third-order valence-corrected chi connectivity index (χ3v) is 5.06. The Hall–Kier alpha value is -0.240. The minimum Gasteiger partial charge on any atom is -0.390 e. The van der Waals surface area contributed by atoms with Gasteiger partial charge in [0, 0.05) is 6.42 Å². The molecule has 19 heavy (non-hydrogen) atoms. The van der Waals surface area contributed by atoms with Gasteiger partial charge in [-0.3, -0.25) is 0 Å². The quantitative estimate of drug-likeness (QED) is 0.822. The lowest BCUT2D eigenvalue weighted by Gasteiger charge is -2.38. The van der Waals surface area contributed by atoms with Gasteiger partial charge in [0.25, 0.3) is 0 Å². The number of hydrogen-bond acceptors (Lipinski definition) is 1. The van der Waals surface area contributed by atoms with Gasteiger partial charge in [0.1, 0.15) is 0 Å². The van der Waals surface area contributed by atoms with Crippen molar-refractivity contribution in [3.8, 4) is 0 Å². The minimum atomic E-state index is -0.579. The van der Waals surface area contributed by atoms with Crippen molar-refractivity contribution < 1.29 is 5.11 Å². The highest BCUT2D eigenvalue weighted by Gasteiger charge is 2.35. The monoisotopic (exact) mass is 300 g/mol. The van der Waals surface area contributed by atoms with E-state index in [1.165, 1.54) is 6.42 Å². The van der Waals surface area contributed by atoms with Gasteiger partial charge in [-0.05, 0) is 48.8 Å². The highest BCUT2D eigenvalue weighted by molar-refractivity contribution is 6.42. The lowest BCUT2D eigenvalue weighted by atomic mass is 9.71. The minimum absolute atomic E-state index is 0.569. The van der Waals surface area contributed by atoms with Crippen molar-refractivity contribution in [2.75, 3.05) is 0 Å². The van der Waals surface area contributed by atoms with Gasteiger partial charge < -0.3 is 5.11 Å². The molecule has 106 valence electrons. The molecule has 1 N–H and O–H groups in total. The Labute approximate surface area is 125 Å². The molecular formula is C16H22Cl2O. The number of halogens is 2. The summed E-state index contributed by atoms with van der Waals surface area (Å²) < 4.78 is 0. The first-order valence-corrected chi connectivity index (χ1v) is 7.81. The Morgan fingerprint density at radius 3 is 2.68 bits per heavy atom. The van der Waals surface area contributed by atoms with Crippen LogP contribution in [0.1, 0.15) is 45.1 Å². The fraction of sp³-hybridized carbons (Fsp3) is 0.625. The van der Waals surface area contributed by atoms with Crippen molar-refractivity contribution in [2.45, 2.75) is 51.6 Å². The molecule has 1 nitrogen and oxygen atoms in total. The summed E-state index contributed by atoms with van der Waals surface area (Å²) >= 11 is 12.0. The van der Waals surface area contributed by atoms with Crippen LogP contribution in [0, 0.1) is 11.8 Å². The third kappa shape index (κ3) is 3.87. The lowest BCUT2D eigenvalue weighted by molar-refractivity contribution is -0.0239. The average Bonchev–Trinajstić information content (AvgIpc) is 2.33. The Bertz CT molecular complexity index is 444. The molecule has 1 fully saturated rings. The van der Waals surface area contributed by atoms with Gasteiger partial charge in [0.15, 0.2) is 0 Å². The SMILES string of the molecule is CC(C)C1CCCC(O)(Cc2ccc(Cl)c(Cl)c2)C1. The van der Waals surface area contributed by atoms with E-state index in [9.17, 15) is 5.11 Å². The first kappa shape index (κ1) is 15.2. The number of hydrogen-bond donors (Lipinski definition) is 1. The van der Waals surface area contributed by atoms with Crippen molar-refractivity contribution in [3.05, 3.63) is 33.8 Å². The first-order valence-electron chi connectivity index (χ1n) is 7.06. The summed E-state index contributed by atoms with van der Waals surface area (Å²) in [7, 11) is 0. The molecule has 1 saturated carbocycles. The molecule has 0 spiro atoms. The Kier molecular flexibility index (Phi) is 4.81. The van der Waals surface area contributed by atoms with E-state index >= 15 is 0 Å². The summed E-state index contributed by atoms with van der Waals surface area (Å²) in [4.78, 5) is 0. The van der Waals surface area contributed by atoms with Crippen LogP contribution in [0.4, 0.5) is 0 Å². The summed E-state index contributed by atoms with van der Waals surface area (Å²) in [5.41, 5.74) is 0.492. The second-order valence-corrected chi connectivity index (χ2v) is 7.06. The molecule has 0 saturated heterocycles. The second kappa shape index (κ2) is 6.03. The van der Waals surface area contributed by atoms with E-state index in [4.69, 9.17) is 23.2 Å². The Morgan fingerprint density at radius 1 is 1.32 bits per heavy atom. The molecule has 1 aromatic carbocycles. The zero-order chi connectivity index (χ0) is 14.0. The van der Waals surface area contributed by atoms with Crippen LogP contribution in [0.5, 0.6) is 0 Å². The smallest absolute Gasteiger partial charge is 0.0690 e. The Balaban J connectivity index is 2.09. The van der Waals surface area contributed by atoms with Crippen molar-refractivity contribution in [1.82, 2.24) is 0 Å². The van der Waals surface area contributed by atoms with Gasteiger partial charge in [-0.15, -0.1) is 0 Å². The van der Waals surface area contributed by atoms with Crippen LogP contribution >= 0.6 is 23.2 Å². The van der Waals surface area contributed by atoms with Crippen molar-refractivity contribution in [1.29, 1.82) is 0 Å². The summed E-state index contributed by atoms with van der Waals surface area (Å²) in [6.07, 6.45) is 4.80. The zero-order valence-electron chi connectivity index (χ0n) is 11.6. The first-order chi connectivity index (χ1) is 8.89. The van der Waals surface area contributed by atoms with Gasteiger partial charge in [0.05, 0.1) is 15.6 Å². The van der Waals surface area contributed by atoms with Crippen LogP contribution in [0.2, 0.25) is 10.0 Å². The molecule has 0 amide bonds. The van der Waals surface area contributed by atoms with Gasteiger partial charge in [-0.25, -0.2) is 0 Å². The lowest BCUT2D eigenvalue weighted by Crippen LogP contribution is -2.38. The number of aliphatic hydroxyl groups is 1. The normalized spacial score (nSPS) is 27.8. The maximum absolute atomic E-state index is 10.8. The van der Waals surface area contributed by atoms with E-state index < -0.39 is 5.60 Å². The summed E-state index contributed by atoms with van der Waals surface area (Å²) in [5.74, 6) is 1.27. The molecule has 2 unspecified atom stereocenters. The number of rotatable bonds is 3. The topological polar surface area (TPSA) is 20.2 Å². The van der Waals surface area contributed by atoms with Crippen LogP contribution in [0.15, 0.2) is 18.2 Å². The molecule has 0 heterocycles. The van der Waals surface area contributed by atoms with Gasteiger partial charge >= 0.3 is 0 Å². The summed E-state index contributed by atoms with van der Waals surface area (Å²) in [5, 5.41) is 12.0. The maximum Gasteiger partial charge on any atom is 0.0690 e. The van der Waals surface area contributed by atoms with Crippen molar-refractivity contribution in [3.63, 3.8) is 0 Å². The zero-order valence-corrected chi connectivity index (χ0v) is 13.1. The number of benzene rings is 1. The molecule has 1 aliphatic rings. The molecule has 0 aliphatic heterocycles. The van der Waals surface area contributed by atoms with Gasteiger partial charge in [0.2, 0.25) is 0 Å². The second-order valence-electron chi connectivity index (χ2n) is 6.25. The third-order valence-electron chi connectivity index (χ3n) is 4.32. The van der Waals surface area contributed by atoms with Gasteiger partial charge in [-0.2, -0.15) is 0 Å². The molecule has 0 bridgehead atoms. The molecule has 2 rings (SSSR count). The fourth-order valence-electron chi connectivity index (χ4n) is 3.14. The molecule has 1 aromatic rings. The van der Waals surface area contributed by atoms with E-state index in [-0.39, 0.29) is 0 Å². The van der Waals surface area contributed by atoms with Crippen molar-refractivity contribution >= 4 is 23.2 Å². The molecule has 2 atom stereocenters. The largest absolute Gasteiger partial charge is 0.390 e. The van der Waals surface area contributed by atoms with Crippen LogP contribution < -0.4 is 0 Å². The van der Waals surface area contributed by atoms with Crippen LogP contribution in [0.3, 0.4) is 0 Å². The van der Waals surface area contributed by atoms with Gasteiger partial charge in [-0.1, -0.05) is 49.5 Å². The van der Waals surface area contributed by atoms with E-state index in [1.807, 2.05) is 18.2 Å². The van der Waals surface area contributed by atoms with Crippen LogP contribution in [-0.2, 0) is 6.42 Å². The summed E-state index contributed by atoms with van der Waals surface area (Å²) in [6, 6.07) is 5.65. The average molecular weight is 301 g/mol. The Morgan fingerprint density at radius 2 is 2.05 bits per heavy atom. The van der Waals surface area contributed by atoms with Crippen molar-refractivity contribution in [2.24, 2.45) is 11.8 Å². The van der Waals surface area contributed by atoms with E-state index in [0.717, 1.165) is 24.8 Å². The highest BCUT2D eigenvalue weighted by atomic mass is 35.5. The van der Waals surface area contributed by atoms with Crippen LogP contribution in [-0.4, -0.2) is 10.7 Å². The predicted molar refractivity (Wildman–Crippen MR) is 81.9 cm³/mol. The molecule has 0 radical (unpaired) electrons. The molecule has 0 aromatic heterocycles. The molecular weight excluding hydrogens is 279 g/mol.